The van der Waals surface area contributed by atoms with Crippen LogP contribution in [0.3, 0.4) is 0 Å². The number of hydrogen-bond donors (Lipinski definition) is 1. The van der Waals surface area contributed by atoms with Crippen molar-refractivity contribution in [2.75, 3.05) is 0 Å². The number of carboxylic acids is 1. The summed E-state index contributed by atoms with van der Waals surface area (Å²) in [7, 11) is 0. The summed E-state index contributed by atoms with van der Waals surface area (Å²) in [5, 5.41) is 9.34. The van der Waals surface area contributed by atoms with Gasteiger partial charge in [-0.2, -0.15) is 0 Å². The second kappa shape index (κ2) is 4.39. The molecule has 1 fully saturated rings. The summed E-state index contributed by atoms with van der Waals surface area (Å²) in [5.74, 6) is -2.88. The van der Waals surface area contributed by atoms with Crippen LogP contribution in [0.4, 0.5) is 8.78 Å². The highest BCUT2D eigenvalue weighted by Gasteiger charge is 2.45. The number of carbonyl (C=O) groups is 1. The summed E-state index contributed by atoms with van der Waals surface area (Å²) in [4.78, 5) is 14.8. The molecule has 1 saturated carbocycles. The highest BCUT2D eigenvalue weighted by atomic mass is 19.1. The number of nitrogens with zero attached hydrogens (tertiary/aromatic N) is 1. The Balaban J connectivity index is 2.56. The average molecular weight is 241 g/mol. The first kappa shape index (κ1) is 12.0. The third-order valence-corrected chi connectivity index (χ3v) is 3.45. The van der Waals surface area contributed by atoms with Crippen LogP contribution in [0.15, 0.2) is 12.4 Å². The molecule has 1 aromatic rings. The van der Waals surface area contributed by atoms with Crippen LogP contribution in [-0.2, 0) is 10.2 Å². The maximum absolute atomic E-state index is 13.7. The number of carboxylic acid groups (broad SMARTS) is 1. The molecule has 0 unspecified atom stereocenters. The van der Waals surface area contributed by atoms with Crippen molar-refractivity contribution in [1.82, 2.24) is 4.98 Å². The van der Waals surface area contributed by atoms with Gasteiger partial charge in [-0.3, -0.25) is 9.78 Å². The van der Waals surface area contributed by atoms with Crippen LogP contribution in [0, 0.1) is 11.6 Å². The second-order valence-corrected chi connectivity index (χ2v) is 4.43. The molecular formula is C12H13F2NO2. The average Bonchev–Trinajstić information content (AvgIpc) is 2.29. The van der Waals surface area contributed by atoms with Crippen LogP contribution in [-0.4, -0.2) is 16.1 Å². The highest BCUT2D eigenvalue weighted by molar-refractivity contribution is 5.81. The van der Waals surface area contributed by atoms with Crippen molar-refractivity contribution in [3.63, 3.8) is 0 Å². The predicted octanol–water partition coefficient (Wildman–Crippen LogP) is 2.65. The van der Waals surface area contributed by atoms with Crippen molar-refractivity contribution in [3.8, 4) is 0 Å². The van der Waals surface area contributed by atoms with E-state index >= 15 is 0 Å². The van der Waals surface area contributed by atoms with Crippen molar-refractivity contribution in [2.45, 2.75) is 37.5 Å². The Labute approximate surface area is 97.5 Å². The van der Waals surface area contributed by atoms with Crippen LogP contribution >= 0.6 is 0 Å². The van der Waals surface area contributed by atoms with E-state index < -0.39 is 23.0 Å². The van der Waals surface area contributed by atoms with Gasteiger partial charge in [-0.1, -0.05) is 19.3 Å². The van der Waals surface area contributed by atoms with E-state index in [1.807, 2.05) is 0 Å². The van der Waals surface area contributed by atoms with Gasteiger partial charge in [0.2, 0.25) is 0 Å². The Morgan fingerprint density at radius 1 is 1.18 bits per heavy atom. The lowest BCUT2D eigenvalue weighted by Crippen LogP contribution is -2.39. The predicted molar refractivity (Wildman–Crippen MR) is 56.6 cm³/mol. The SMILES string of the molecule is O=C(O)C1(c2c(F)cncc2F)CCCCC1. The van der Waals surface area contributed by atoms with Crippen molar-refractivity contribution in [2.24, 2.45) is 0 Å². The number of pyridine rings is 1. The molecule has 0 aromatic carbocycles. The van der Waals surface area contributed by atoms with Gasteiger partial charge in [0.05, 0.1) is 17.8 Å². The lowest BCUT2D eigenvalue weighted by Gasteiger charge is -2.33. The molecule has 1 N–H and O–H groups in total. The number of hydrogen-bond acceptors (Lipinski definition) is 2. The zero-order valence-electron chi connectivity index (χ0n) is 9.25. The maximum Gasteiger partial charge on any atom is 0.314 e. The largest absolute Gasteiger partial charge is 0.481 e. The zero-order chi connectivity index (χ0) is 12.5. The van der Waals surface area contributed by atoms with E-state index in [1.54, 1.807) is 0 Å². The molecular weight excluding hydrogens is 228 g/mol. The Hall–Kier alpha value is -1.52. The summed E-state index contributed by atoms with van der Waals surface area (Å²) >= 11 is 0. The molecule has 0 aliphatic heterocycles. The topological polar surface area (TPSA) is 50.2 Å². The van der Waals surface area contributed by atoms with Gasteiger partial charge < -0.3 is 5.11 Å². The van der Waals surface area contributed by atoms with Crippen molar-refractivity contribution >= 4 is 5.97 Å². The lowest BCUT2D eigenvalue weighted by molar-refractivity contribution is -0.145. The highest BCUT2D eigenvalue weighted by Crippen LogP contribution is 2.41. The summed E-state index contributed by atoms with van der Waals surface area (Å²) in [6.45, 7) is 0. The van der Waals surface area contributed by atoms with Gasteiger partial charge in [-0.15, -0.1) is 0 Å². The quantitative estimate of drug-likeness (QED) is 0.865. The van der Waals surface area contributed by atoms with Crippen molar-refractivity contribution in [3.05, 3.63) is 29.6 Å². The number of halogens is 2. The second-order valence-electron chi connectivity index (χ2n) is 4.43. The van der Waals surface area contributed by atoms with E-state index in [9.17, 15) is 18.7 Å². The van der Waals surface area contributed by atoms with Gasteiger partial charge in [0.15, 0.2) is 0 Å². The van der Waals surface area contributed by atoms with Gasteiger partial charge >= 0.3 is 5.97 Å². The molecule has 92 valence electrons. The van der Waals surface area contributed by atoms with E-state index in [0.29, 0.717) is 12.8 Å². The van der Waals surface area contributed by atoms with Crippen molar-refractivity contribution in [1.29, 1.82) is 0 Å². The Morgan fingerprint density at radius 3 is 2.18 bits per heavy atom. The number of aromatic nitrogens is 1. The van der Waals surface area contributed by atoms with E-state index in [-0.39, 0.29) is 18.4 Å². The normalized spacial score (nSPS) is 18.9. The fourth-order valence-corrected chi connectivity index (χ4v) is 2.59. The molecule has 1 aliphatic rings. The first-order valence-electron chi connectivity index (χ1n) is 5.61. The number of rotatable bonds is 2. The molecule has 0 bridgehead atoms. The molecule has 0 atom stereocenters. The van der Waals surface area contributed by atoms with E-state index in [1.165, 1.54) is 0 Å². The van der Waals surface area contributed by atoms with Gasteiger partial charge in [0, 0.05) is 5.56 Å². The monoisotopic (exact) mass is 241 g/mol. The molecule has 17 heavy (non-hydrogen) atoms. The molecule has 1 aromatic heterocycles. The first-order chi connectivity index (χ1) is 8.08. The minimum absolute atomic E-state index is 0.278. The molecule has 0 saturated heterocycles. The van der Waals surface area contributed by atoms with Crippen LogP contribution in [0.25, 0.3) is 0 Å². The first-order valence-corrected chi connectivity index (χ1v) is 5.61. The summed E-state index contributed by atoms with van der Waals surface area (Å²) in [5.41, 5.74) is -1.75. The zero-order valence-corrected chi connectivity index (χ0v) is 9.25. The third kappa shape index (κ3) is 1.90. The van der Waals surface area contributed by atoms with Crippen LogP contribution in [0.2, 0.25) is 0 Å². The Kier molecular flexibility index (Phi) is 3.09. The van der Waals surface area contributed by atoms with Crippen LogP contribution in [0.1, 0.15) is 37.7 Å². The Bertz CT molecular complexity index is 422. The minimum atomic E-state index is -1.42. The molecule has 3 nitrogen and oxygen atoms in total. The van der Waals surface area contributed by atoms with E-state index in [4.69, 9.17) is 0 Å². The molecule has 1 heterocycles. The summed E-state index contributed by atoms with van der Waals surface area (Å²) in [6, 6.07) is 0. The van der Waals surface area contributed by atoms with Gasteiger partial charge in [-0.25, -0.2) is 8.78 Å². The van der Waals surface area contributed by atoms with Crippen LogP contribution < -0.4 is 0 Å². The Morgan fingerprint density at radius 2 is 1.71 bits per heavy atom. The standard InChI is InChI=1S/C12H13F2NO2/c13-8-6-15-7-9(14)10(8)12(11(16)17)4-2-1-3-5-12/h6-7H,1-5H2,(H,16,17). The molecule has 0 amide bonds. The van der Waals surface area contributed by atoms with Crippen LogP contribution in [0.5, 0.6) is 0 Å². The minimum Gasteiger partial charge on any atom is -0.481 e. The van der Waals surface area contributed by atoms with Gasteiger partial charge in [0.25, 0.3) is 0 Å². The molecule has 2 rings (SSSR count). The van der Waals surface area contributed by atoms with Gasteiger partial charge in [0.1, 0.15) is 11.6 Å². The third-order valence-electron chi connectivity index (χ3n) is 3.45. The number of aliphatic carboxylic acids is 1. The fourth-order valence-electron chi connectivity index (χ4n) is 2.59. The van der Waals surface area contributed by atoms with Gasteiger partial charge in [-0.05, 0) is 12.8 Å². The fraction of sp³-hybridized carbons (Fsp3) is 0.500. The maximum atomic E-state index is 13.7. The lowest BCUT2D eigenvalue weighted by atomic mass is 9.69. The molecule has 1 aliphatic carbocycles. The van der Waals surface area contributed by atoms with E-state index in [0.717, 1.165) is 18.8 Å². The van der Waals surface area contributed by atoms with Crippen molar-refractivity contribution < 1.29 is 18.7 Å². The van der Waals surface area contributed by atoms with E-state index in [2.05, 4.69) is 4.98 Å². The smallest absolute Gasteiger partial charge is 0.314 e. The molecule has 0 spiro atoms. The molecule has 0 radical (unpaired) electrons. The molecule has 5 heteroatoms. The summed E-state index contributed by atoms with van der Waals surface area (Å²) in [6.07, 6.45) is 4.56. The summed E-state index contributed by atoms with van der Waals surface area (Å²) < 4.78 is 27.3.